The molecular weight excluding hydrogens is 276 g/mol. The molecule has 3 atom stereocenters. The molecule has 2 rings (SSSR count). The van der Waals surface area contributed by atoms with Gasteiger partial charge in [0.25, 0.3) is 0 Å². The van der Waals surface area contributed by atoms with E-state index < -0.39 is 0 Å². The van der Waals surface area contributed by atoms with Crippen molar-refractivity contribution in [3.05, 3.63) is 54.3 Å². The van der Waals surface area contributed by atoms with Crippen molar-refractivity contribution in [2.24, 2.45) is 17.8 Å². The van der Waals surface area contributed by atoms with Crippen LogP contribution in [0.1, 0.15) is 72.4 Å². The second-order valence-corrected chi connectivity index (χ2v) is 6.54. The fraction of sp³-hybridized carbons (Fsp3) is 0.522. The maximum atomic E-state index is 3.97. The topological polar surface area (TPSA) is 0 Å². The first-order chi connectivity index (χ1) is 11.2. The van der Waals surface area contributed by atoms with E-state index in [1.807, 2.05) is 19.9 Å². The van der Waals surface area contributed by atoms with Gasteiger partial charge in [-0.15, -0.1) is 5.73 Å². The molecule has 0 nitrogen and oxygen atoms in total. The Balaban J connectivity index is 0.00000170. The number of rotatable bonds is 4. The molecule has 0 saturated heterocycles. The summed E-state index contributed by atoms with van der Waals surface area (Å²) in [4.78, 5) is 0. The van der Waals surface area contributed by atoms with Crippen LogP contribution in [0, 0.1) is 17.8 Å². The Morgan fingerprint density at radius 3 is 2.57 bits per heavy atom. The largest absolute Gasteiger partial charge is 0.124 e. The lowest BCUT2D eigenvalue weighted by Crippen LogP contribution is -2.13. The van der Waals surface area contributed by atoms with Gasteiger partial charge in [-0.1, -0.05) is 90.5 Å². The van der Waals surface area contributed by atoms with Crippen LogP contribution in [-0.2, 0) is 0 Å². The fourth-order valence-corrected chi connectivity index (χ4v) is 3.67. The molecule has 0 heterocycles. The maximum absolute atomic E-state index is 3.97. The predicted octanol–water partition coefficient (Wildman–Crippen LogP) is 7.62. The van der Waals surface area contributed by atoms with E-state index in [2.05, 4.69) is 57.0 Å². The Bertz CT molecular complexity index is 537. The van der Waals surface area contributed by atoms with Crippen LogP contribution >= 0.6 is 0 Å². The molecule has 0 radical (unpaired) electrons. The molecule has 0 heteroatoms. The molecule has 0 amide bonds. The van der Waals surface area contributed by atoms with Crippen molar-refractivity contribution in [1.29, 1.82) is 0 Å². The van der Waals surface area contributed by atoms with Crippen LogP contribution in [0.25, 0.3) is 11.6 Å². The summed E-state index contributed by atoms with van der Waals surface area (Å²) in [6, 6.07) is 8.47. The standard InChI is InChI=1S/C21H28.C2H6.H2/c1-5-18-11-7-8-13-21(18)20(6-2)17(4)19-12-9-10-16(3)14-15-19;1-2;/h5,7-8,11,13,16-17,19H,1-2,9-10,12,14-15H2,3-4H3;1-2H3;1H. The van der Waals surface area contributed by atoms with Crippen molar-refractivity contribution in [3.8, 4) is 0 Å². The Labute approximate surface area is 145 Å². The van der Waals surface area contributed by atoms with Gasteiger partial charge < -0.3 is 0 Å². The van der Waals surface area contributed by atoms with Gasteiger partial charge >= 0.3 is 0 Å². The molecule has 3 unspecified atom stereocenters. The van der Waals surface area contributed by atoms with Crippen molar-refractivity contribution in [1.82, 2.24) is 0 Å². The summed E-state index contributed by atoms with van der Waals surface area (Å²) in [7, 11) is 0. The molecule has 0 N–H and O–H groups in total. The predicted molar refractivity (Wildman–Crippen MR) is 107 cm³/mol. The van der Waals surface area contributed by atoms with Gasteiger partial charge in [-0.25, -0.2) is 0 Å². The summed E-state index contributed by atoms with van der Waals surface area (Å²) in [5.74, 6) is 2.17. The summed E-state index contributed by atoms with van der Waals surface area (Å²) in [5, 5.41) is 0. The minimum atomic E-state index is 0. The van der Waals surface area contributed by atoms with Crippen molar-refractivity contribution in [2.45, 2.75) is 59.8 Å². The third kappa shape index (κ3) is 5.26. The first-order valence-corrected chi connectivity index (χ1v) is 9.29. The van der Waals surface area contributed by atoms with Gasteiger partial charge in [0.05, 0.1) is 0 Å². The Kier molecular flexibility index (Phi) is 8.74. The summed E-state index contributed by atoms with van der Waals surface area (Å²) in [5.41, 5.74) is 6.96. The van der Waals surface area contributed by atoms with E-state index in [0.29, 0.717) is 5.92 Å². The second kappa shape index (κ2) is 10.3. The molecule has 0 bridgehead atoms. The molecule has 1 aliphatic carbocycles. The van der Waals surface area contributed by atoms with E-state index in [4.69, 9.17) is 0 Å². The molecule has 1 saturated carbocycles. The molecule has 0 spiro atoms. The molecular formula is C23H36. The van der Waals surface area contributed by atoms with Crippen molar-refractivity contribution < 1.29 is 1.43 Å². The minimum Gasteiger partial charge on any atom is -0.124 e. The van der Waals surface area contributed by atoms with Crippen molar-refractivity contribution >= 4 is 11.6 Å². The average molecular weight is 313 g/mol. The molecule has 128 valence electrons. The van der Waals surface area contributed by atoms with Crippen molar-refractivity contribution in [3.63, 3.8) is 0 Å². The summed E-state index contributed by atoms with van der Waals surface area (Å²) in [6.45, 7) is 16.7. The maximum Gasteiger partial charge on any atom is 0.00428 e. The minimum absolute atomic E-state index is 0. The molecule has 1 aromatic rings. The number of hydrogen-bond donors (Lipinski definition) is 0. The molecule has 0 aromatic heterocycles. The zero-order valence-electron chi connectivity index (χ0n) is 15.6. The highest BCUT2D eigenvalue weighted by molar-refractivity contribution is 5.74. The third-order valence-corrected chi connectivity index (χ3v) is 5.13. The van der Waals surface area contributed by atoms with Crippen LogP contribution in [0.4, 0.5) is 0 Å². The highest BCUT2D eigenvalue weighted by Gasteiger charge is 2.25. The summed E-state index contributed by atoms with van der Waals surface area (Å²) >= 11 is 0. The van der Waals surface area contributed by atoms with Crippen LogP contribution < -0.4 is 0 Å². The van der Waals surface area contributed by atoms with E-state index >= 15 is 0 Å². The molecule has 1 aromatic carbocycles. The first kappa shape index (κ1) is 19.5. The smallest absolute Gasteiger partial charge is 0.00428 e. The Morgan fingerprint density at radius 2 is 1.91 bits per heavy atom. The highest BCUT2D eigenvalue weighted by Crippen LogP contribution is 2.38. The summed E-state index contributed by atoms with van der Waals surface area (Å²) in [6.07, 6.45) is 8.73. The quantitative estimate of drug-likeness (QED) is 0.396. The summed E-state index contributed by atoms with van der Waals surface area (Å²) < 4.78 is 0. The lowest BCUT2D eigenvalue weighted by Gasteiger charge is -2.25. The zero-order valence-corrected chi connectivity index (χ0v) is 15.6. The normalized spacial score (nSPS) is 21.9. The van der Waals surface area contributed by atoms with E-state index in [1.54, 1.807) is 0 Å². The Morgan fingerprint density at radius 1 is 1.22 bits per heavy atom. The van der Waals surface area contributed by atoms with Crippen LogP contribution in [0.3, 0.4) is 0 Å². The van der Waals surface area contributed by atoms with Gasteiger partial charge in [0.2, 0.25) is 0 Å². The van der Waals surface area contributed by atoms with E-state index in [0.717, 1.165) is 11.8 Å². The highest BCUT2D eigenvalue weighted by atomic mass is 14.3. The van der Waals surface area contributed by atoms with E-state index in [1.165, 1.54) is 48.8 Å². The van der Waals surface area contributed by atoms with Crippen LogP contribution in [0.2, 0.25) is 0 Å². The van der Waals surface area contributed by atoms with Gasteiger partial charge in [0.1, 0.15) is 0 Å². The van der Waals surface area contributed by atoms with Crippen LogP contribution in [-0.4, -0.2) is 0 Å². The van der Waals surface area contributed by atoms with Gasteiger partial charge in [0, 0.05) is 7.00 Å². The number of hydrogen-bond acceptors (Lipinski definition) is 0. The SMILES string of the molecule is C=C=C(c1ccccc1C=C)C(C)C1CCCC(C)CC1.CC.[HH]. The number of benzene rings is 1. The van der Waals surface area contributed by atoms with Gasteiger partial charge in [-0.05, 0) is 41.7 Å². The monoisotopic (exact) mass is 312 g/mol. The van der Waals surface area contributed by atoms with Crippen LogP contribution in [0.15, 0.2) is 43.2 Å². The van der Waals surface area contributed by atoms with Gasteiger partial charge in [-0.2, -0.15) is 0 Å². The number of allylic oxidation sites excluding steroid dienone is 1. The fourth-order valence-electron chi connectivity index (χ4n) is 3.67. The lowest BCUT2D eigenvalue weighted by molar-refractivity contribution is 0.375. The molecule has 1 fully saturated rings. The van der Waals surface area contributed by atoms with E-state index in [-0.39, 0.29) is 1.43 Å². The first-order valence-electron chi connectivity index (χ1n) is 9.29. The van der Waals surface area contributed by atoms with Gasteiger partial charge in [-0.3, -0.25) is 0 Å². The van der Waals surface area contributed by atoms with Crippen LogP contribution in [0.5, 0.6) is 0 Å². The Hall–Kier alpha value is -1.52. The molecule has 0 aliphatic heterocycles. The third-order valence-electron chi connectivity index (χ3n) is 5.13. The van der Waals surface area contributed by atoms with E-state index in [9.17, 15) is 0 Å². The molecule has 23 heavy (non-hydrogen) atoms. The van der Waals surface area contributed by atoms with Crippen molar-refractivity contribution in [2.75, 3.05) is 0 Å². The molecule has 1 aliphatic rings. The lowest BCUT2D eigenvalue weighted by atomic mass is 9.79. The van der Waals surface area contributed by atoms with Gasteiger partial charge in [0.15, 0.2) is 0 Å². The second-order valence-electron chi connectivity index (χ2n) is 6.54. The zero-order chi connectivity index (χ0) is 17.2. The average Bonchev–Trinajstić information content (AvgIpc) is 2.82.